The number of carbonyl (C=O) groups excluding carboxylic acids is 2. The van der Waals surface area contributed by atoms with Crippen molar-refractivity contribution in [1.29, 1.82) is 0 Å². The molecule has 0 aliphatic heterocycles. The topological polar surface area (TPSA) is 169 Å². The molecule has 1 amide bonds. The molecular formula is C51H90NO10P. The number of ether oxygens (including phenoxy) is 1. The van der Waals surface area contributed by atoms with E-state index in [-0.39, 0.29) is 12.8 Å². The first kappa shape index (κ1) is 60.2. The summed E-state index contributed by atoms with van der Waals surface area (Å²) in [5.74, 6) is -2.40. The van der Waals surface area contributed by atoms with E-state index < -0.39 is 57.6 Å². The highest BCUT2D eigenvalue weighted by Gasteiger charge is 2.28. The van der Waals surface area contributed by atoms with Crippen molar-refractivity contribution < 1.29 is 47.8 Å². The second kappa shape index (κ2) is 45.7. The number of carbonyl (C=O) groups is 3. The molecule has 11 nitrogen and oxygen atoms in total. The van der Waals surface area contributed by atoms with E-state index >= 15 is 0 Å². The van der Waals surface area contributed by atoms with E-state index in [2.05, 4.69) is 79.9 Å². The van der Waals surface area contributed by atoms with Crippen LogP contribution in [0, 0.1) is 0 Å². The predicted molar refractivity (Wildman–Crippen MR) is 258 cm³/mol. The summed E-state index contributed by atoms with van der Waals surface area (Å²) in [6.07, 6.45) is 53.8. The molecule has 0 bridgehead atoms. The molecule has 63 heavy (non-hydrogen) atoms. The van der Waals surface area contributed by atoms with Crippen molar-refractivity contribution in [3.05, 3.63) is 60.8 Å². The Balaban J connectivity index is 3.85. The normalized spacial score (nSPS) is 14.1. The molecule has 0 saturated carbocycles. The summed E-state index contributed by atoms with van der Waals surface area (Å²) in [5, 5.41) is 21.9. The van der Waals surface area contributed by atoms with Crippen molar-refractivity contribution in [2.45, 2.75) is 225 Å². The van der Waals surface area contributed by atoms with Gasteiger partial charge in [0.05, 0.1) is 13.2 Å². The number of phosphoric acid groups is 1. The molecule has 0 spiro atoms. The number of amides is 1. The van der Waals surface area contributed by atoms with Gasteiger partial charge in [-0.1, -0.05) is 177 Å². The molecule has 0 fully saturated rings. The second-order valence-corrected chi connectivity index (χ2v) is 18.1. The summed E-state index contributed by atoms with van der Waals surface area (Å²) < 4.78 is 26.9. The Labute approximate surface area is 383 Å². The first-order valence-electron chi connectivity index (χ1n) is 24.8. The first-order valence-corrected chi connectivity index (χ1v) is 26.3. The molecule has 0 radical (unpaired) electrons. The number of carboxylic acids is 1. The van der Waals surface area contributed by atoms with Crippen molar-refractivity contribution in [3.63, 3.8) is 0 Å². The lowest BCUT2D eigenvalue weighted by molar-refractivity contribution is -0.147. The highest BCUT2D eigenvalue weighted by molar-refractivity contribution is 7.47. The van der Waals surface area contributed by atoms with E-state index in [1.807, 2.05) is 0 Å². The number of unbranched alkanes of at least 4 members (excludes halogenated alkanes) is 22. The fourth-order valence-electron chi connectivity index (χ4n) is 6.65. The molecule has 3 unspecified atom stereocenters. The monoisotopic (exact) mass is 908 g/mol. The van der Waals surface area contributed by atoms with Gasteiger partial charge in [-0.05, 0) is 83.5 Å². The van der Waals surface area contributed by atoms with Gasteiger partial charge < -0.3 is 25.2 Å². The van der Waals surface area contributed by atoms with Gasteiger partial charge in [-0.25, -0.2) is 9.36 Å². The van der Waals surface area contributed by atoms with E-state index in [0.717, 1.165) is 83.5 Å². The predicted octanol–water partition coefficient (Wildman–Crippen LogP) is 13.5. The zero-order valence-corrected chi connectivity index (χ0v) is 40.5. The Bertz CT molecular complexity index is 1300. The maximum atomic E-state index is 12.3. The molecule has 0 aromatic rings. The summed E-state index contributed by atoms with van der Waals surface area (Å²) >= 11 is 0. The summed E-state index contributed by atoms with van der Waals surface area (Å²) in [6, 6.07) is -1.56. The van der Waals surface area contributed by atoms with Crippen LogP contribution in [0.1, 0.15) is 213 Å². The largest absolute Gasteiger partial charge is 0.480 e. The third kappa shape index (κ3) is 45.5. The van der Waals surface area contributed by atoms with Crippen LogP contribution in [-0.4, -0.2) is 64.9 Å². The average Bonchev–Trinajstić information content (AvgIpc) is 3.26. The van der Waals surface area contributed by atoms with Crippen LogP contribution >= 0.6 is 7.82 Å². The van der Waals surface area contributed by atoms with Gasteiger partial charge in [0, 0.05) is 12.8 Å². The summed E-state index contributed by atoms with van der Waals surface area (Å²) in [4.78, 5) is 46.0. The third-order valence-electron chi connectivity index (χ3n) is 10.5. The van der Waals surface area contributed by atoms with Crippen LogP contribution in [0.4, 0.5) is 0 Å². The number of rotatable bonds is 46. The minimum absolute atomic E-state index is 0.128. The van der Waals surface area contributed by atoms with Crippen LogP contribution in [0.5, 0.6) is 0 Å². The van der Waals surface area contributed by atoms with Gasteiger partial charge in [-0.3, -0.25) is 18.6 Å². The lowest BCUT2D eigenvalue weighted by Gasteiger charge is -2.18. The maximum absolute atomic E-state index is 12.3. The number of carboxylic acid groups (broad SMARTS) is 1. The van der Waals surface area contributed by atoms with Crippen molar-refractivity contribution in [2.75, 3.05) is 19.8 Å². The maximum Gasteiger partial charge on any atom is 0.472 e. The van der Waals surface area contributed by atoms with E-state index in [0.29, 0.717) is 12.8 Å². The number of nitrogens with one attached hydrogen (secondary N) is 1. The molecule has 364 valence electrons. The zero-order chi connectivity index (χ0) is 46.3. The lowest BCUT2D eigenvalue weighted by atomic mass is 10.1. The van der Waals surface area contributed by atoms with Crippen LogP contribution in [0.3, 0.4) is 0 Å². The Morgan fingerprint density at radius 1 is 0.508 bits per heavy atom. The molecule has 0 aliphatic rings. The van der Waals surface area contributed by atoms with E-state index in [9.17, 15) is 34.1 Å². The minimum Gasteiger partial charge on any atom is -0.480 e. The number of hydrogen-bond donors (Lipinski definition) is 4. The van der Waals surface area contributed by atoms with Crippen molar-refractivity contribution in [2.24, 2.45) is 0 Å². The smallest absolute Gasteiger partial charge is 0.472 e. The molecule has 0 aliphatic carbocycles. The van der Waals surface area contributed by atoms with Crippen LogP contribution in [0.15, 0.2) is 60.8 Å². The van der Waals surface area contributed by atoms with Gasteiger partial charge in [0.15, 0.2) is 6.04 Å². The molecule has 3 atom stereocenters. The van der Waals surface area contributed by atoms with Crippen LogP contribution in [-0.2, 0) is 32.7 Å². The Morgan fingerprint density at radius 3 is 1.33 bits per heavy atom. The second-order valence-electron chi connectivity index (χ2n) is 16.6. The molecule has 0 heterocycles. The van der Waals surface area contributed by atoms with Crippen molar-refractivity contribution in [1.82, 2.24) is 5.32 Å². The standard InChI is InChI=1S/C51H90NO10P/c1-3-5-7-9-11-13-15-17-19-21-22-23-24-25-26-27-29-31-33-35-37-39-41-43-50(55)60-44-47(53)45-61-63(58,59)62-46-48(51(56)57)52-49(54)42-40-38-36-34-32-30-28-20-18-16-14-12-10-8-6-4-2/h11,13-14,16-17,19-20,22-23,28,47-48,53H,3-10,12,15,18,21,24-27,29-46H2,1-2H3,(H,52,54)(H,56,57)(H,58,59)/b13-11-,16-14-,19-17-,23-22-,28-20-. The first-order chi connectivity index (χ1) is 30.6. The van der Waals surface area contributed by atoms with Gasteiger partial charge in [0.1, 0.15) is 12.7 Å². The van der Waals surface area contributed by atoms with Crippen LogP contribution < -0.4 is 5.32 Å². The van der Waals surface area contributed by atoms with Crippen LogP contribution in [0.25, 0.3) is 0 Å². The highest BCUT2D eigenvalue weighted by atomic mass is 31.2. The number of aliphatic carboxylic acids is 1. The fraction of sp³-hybridized carbons (Fsp3) is 0.745. The molecule has 0 rings (SSSR count). The molecule has 12 heteroatoms. The summed E-state index contributed by atoms with van der Waals surface area (Å²) in [6.45, 7) is 2.55. The molecule has 0 aromatic carbocycles. The minimum atomic E-state index is -4.77. The quantitative estimate of drug-likeness (QED) is 0.0200. The van der Waals surface area contributed by atoms with Gasteiger partial charge in [-0.2, -0.15) is 0 Å². The lowest BCUT2D eigenvalue weighted by Crippen LogP contribution is -2.43. The Hall–Kier alpha value is -2.82. The summed E-state index contributed by atoms with van der Waals surface area (Å²) in [7, 11) is -4.77. The SMILES string of the molecule is CCCCC/C=C\C/C=C\C/C=C\CCCCCCCCCCCCC(=O)OCC(O)COP(=O)(O)OCC(NC(=O)CCCCCCC/C=C\C/C=C\CCCCCC)C(=O)O. The van der Waals surface area contributed by atoms with E-state index in [1.54, 1.807) is 0 Å². The van der Waals surface area contributed by atoms with Gasteiger partial charge in [-0.15, -0.1) is 0 Å². The van der Waals surface area contributed by atoms with Crippen molar-refractivity contribution >= 4 is 25.7 Å². The number of allylic oxidation sites excluding steroid dienone is 10. The van der Waals surface area contributed by atoms with Crippen molar-refractivity contribution in [3.8, 4) is 0 Å². The van der Waals surface area contributed by atoms with Gasteiger partial charge >= 0.3 is 19.8 Å². The molecular weight excluding hydrogens is 818 g/mol. The molecule has 4 N–H and O–H groups in total. The number of esters is 1. The number of hydrogen-bond acceptors (Lipinski definition) is 8. The number of phosphoric ester groups is 1. The molecule has 0 aromatic heterocycles. The van der Waals surface area contributed by atoms with Gasteiger partial charge in [0.2, 0.25) is 5.91 Å². The summed E-state index contributed by atoms with van der Waals surface area (Å²) in [5.41, 5.74) is 0. The fourth-order valence-corrected chi connectivity index (χ4v) is 7.42. The highest BCUT2D eigenvalue weighted by Crippen LogP contribution is 2.43. The van der Waals surface area contributed by atoms with Gasteiger partial charge in [0.25, 0.3) is 0 Å². The third-order valence-corrected chi connectivity index (χ3v) is 11.5. The van der Waals surface area contributed by atoms with E-state index in [1.165, 1.54) is 89.9 Å². The zero-order valence-electron chi connectivity index (χ0n) is 39.6. The Morgan fingerprint density at radius 2 is 0.873 bits per heavy atom. The van der Waals surface area contributed by atoms with Crippen LogP contribution in [0.2, 0.25) is 0 Å². The number of aliphatic hydroxyl groups is 1. The van der Waals surface area contributed by atoms with E-state index in [4.69, 9.17) is 13.8 Å². The number of aliphatic hydroxyl groups excluding tert-OH is 1. The average molecular weight is 908 g/mol. The Kier molecular flexibility index (Phi) is 43.7. The molecule has 0 saturated heterocycles.